The number of aliphatic hydroxyl groups excluding tert-OH is 2. The lowest BCUT2D eigenvalue weighted by atomic mass is 9.98. The second-order valence-electron chi connectivity index (χ2n) is 9.36. The summed E-state index contributed by atoms with van der Waals surface area (Å²) in [5, 5.41) is 20.4. The smallest absolute Gasteiger partial charge is 0.186 e. The first kappa shape index (κ1) is 27.0. The van der Waals surface area contributed by atoms with E-state index in [0.717, 1.165) is 12.8 Å². The fraction of sp³-hybridized carbons (Fsp3) is 1.00. The summed E-state index contributed by atoms with van der Waals surface area (Å²) in [6, 6.07) is 0. The molecule has 0 aliphatic carbocycles. The maximum atomic E-state index is 10.3. The molecule has 6 atom stereocenters. The highest BCUT2D eigenvalue weighted by molar-refractivity contribution is 4.92. The van der Waals surface area contributed by atoms with E-state index in [4.69, 9.17) is 18.9 Å². The molecule has 2 aliphatic rings. The van der Waals surface area contributed by atoms with Gasteiger partial charge in [-0.1, -0.05) is 96.8 Å². The van der Waals surface area contributed by atoms with Gasteiger partial charge in [-0.15, -0.1) is 0 Å². The van der Waals surface area contributed by atoms with Crippen molar-refractivity contribution < 1.29 is 29.2 Å². The zero-order valence-corrected chi connectivity index (χ0v) is 20.0. The summed E-state index contributed by atoms with van der Waals surface area (Å²) in [6.45, 7) is 2.63. The standard InChI is InChI=1S/C25H48O6/c1-3-4-5-6-7-8-9-10-11-12-13-14-15-16-17-18-21-29-19-20-24(31-21)22(26)23(27)25(28-2)30-20/h20-27H,3-19H2,1-2H3/t20-,21-,22-,23-,24-,25+/m1/s1. The van der Waals surface area contributed by atoms with Crippen LogP contribution in [-0.4, -0.2) is 60.9 Å². The maximum absolute atomic E-state index is 10.3. The third-order valence-corrected chi connectivity index (χ3v) is 6.67. The number of methoxy groups -OCH3 is 1. The van der Waals surface area contributed by atoms with Crippen LogP contribution in [0.1, 0.15) is 110 Å². The molecule has 2 heterocycles. The number of hydrogen-bond acceptors (Lipinski definition) is 6. The predicted octanol–water partition coefficient (Wildman–Crippen LogP) is 5.08. The number of rotatable bonds is 17. The number of fused-ring (bicyclic) bond motifs is 1. The molecule has 0 bridgehead atoms. The molecule has 2 aliphatic heterocycles. The second kappa shape index (κ2) is 16.4. The molecule has 184 valence electrons. The molecule has 6 heteroatoms. The molecule has 2 N–H and O–H groups in total. The molecule has 0 aromatic carbocycles. The van der Waals surface area contributed by atoms with Gasteiger partial charge in [-0.3, -0.25) is 0 Å². The maximum Gasteiger partial charge on any atom is 0.186 e. The van der Waals surface area contributed by atoms with Crippen LogP contribution in [0.3, 0.4) is 0 Å². The zero-order valence-electron chi connectivity index (χ0n) is 20.0. The first-order valence-electron chi connectivity index (χ1n) is 13.0. The van der Waals surface area contributed by atoms with Crippen LogP contribution < -0.4 is 0 Å². The molecular formula is C25H48O6. The van der Waals surface area contributed by atoms with E-state index in [-0.39, 0.29) is 6.29 Å². The molecule has 0 aromatic rings. The number of ether oxygens (including phenoxy) is 4. The van der Waals surface area contributed by atoms with Crippen molar-refractivity contribution in [3.05, 3.63) is 0 Å². The molecule has 0 amide bonds. The summed E-state index contributed by atoms with van der Waals surface area (Å²) in [6.07, 6.45) is 16.7. The highest BCUT2D eigenvalue weighted by Gasteiger charge is 2.48. The van der Waals surface area contributed by atoms with Crippen molar-refractivity contribution in [1.82, 2.24) is 0 Å². The van der Waals surface area contributed by atoms with Gasteiger partial charge in [0.05, 0.1) is 6.61 Å². The van der Waals surface area contributed by atoms with Gasteiger partial charge in [0, 0.05) is 7.11 Å². The van der Waals surface area contributed by atoms with Crippen LogP contribution in [0.5, 0.6) is 0 Å². The lowest BCUT2D eigenvalue weighted by Crippen LogP contribution is -2.63. The normalized spacial score (nSPS) is 31.0. The van der Waals surface area contributed by atoms with Crippen molar-refractivity contribution >= 4 is 0 Å². The lowest BCUT2D eigenvalue weighted by Gasteiger charge is -2.45. The Morgan fingerprint density at radius 3 is 1.74 bits per heavy atom. The molecule has 2 rings (SSSR count). The summed E-state index contributed by atoms with van der Waals surface area (Å²) in [7, 11) is 1.45. The Balaban J connectivity index is 1.40. The Hall–Kier alpha value is -0.240. The first-order valence-corrected chi connectivity index (χ1v) is 13.0. The minimum absolute atomic E-state index is 0.326. The van der Waals surface area contributed by atoms with Crippen molar-refractivity contribution in [3.8, 4) is 0 Å². The summed E-state index contributed by atoms with van der Waals surface area (Å²) >= 11 is 0. The Kier molecular flexibility index (Phi) is 14.3. The summed E-state index contributed by atoms with van der Waals surface area (Å²) < 4.78 is 22.3. The van der Waals surface area contributed by atoms with Crippen LogP contribution in [0.15, 0.2) is 0 Å². The van der Waals surface area contributed by atoms with Crippen LogP contribution in [0.4, 0.5) is 0 Å². The fourth-order valence-corrected chi connectivity index (χ4v) is 4.65. The van der Waals surface area contributed by atoms with E-state index in [2.05, 4.69) is 6.92 Å². The van der Waals surface area contributed by atoms with E-state index in [1.54, 1.807) is 0 Å². The van der Waals surface area contributed by atoms with E-state index < -0.39 is 30.7 Å². The van der Waals surface area contributed by atoms with Gasteiger partial charge in [0.25, 0.3) is 0 Å². The van der Waals surface area contributed by atoms with Crippen LogP contribution >= 0.6 is 0 Å². The summed E-state index contributed by atoms with van der Waals surface area (Å²) in [5.74, 6) is 0. The summed E-state index contributed by atoms with van der Waals surface area (Å²) in [4.78, 5) is 0. The minimum Gasteiger partial charge on any atom is -0.387 e. The topological polar surface area (TPSA) is 77.4 Å². The first-order chi connectivity index (χ1) is 15.2. The average molecular weight is 445 g/mol. The van der Waals surface area contributed by atoms with Gasteiger partial charge in [0.15, 0.2) is 12.6 Å². The van der Waals surface area contributed by atoms with Gasteiger partial charge in [-0.05, 0) is 12.8 Å². The van der Waals surface area contributed by atoms with Gasteiger partial charge in [-0.25, -0.2) is 0 Å². The quantitative estimate of drug-likeness (QED) is 0.305. The second-order valence-corrected chi connectivity index (χ2v) is 9.36. The Morgan fingerprint density at radius 1 is 0.710 bits per heavy atom. The predicted molar refractivity (Wildman–Crippen MR) is 122 cm³/mol. The number of aliphatic hydroxyl groups is 2. The molecule has 0 saturated carbocycles. The Morgan fingerprint density at radius 2 is 1.23 bits per heavy atom. The molecule has 0 spiro atoms. The van der Waals surface area contributed by atoms with Crippen LogP contribution in [0, 0.1) is 0 Å². The SMILES string of the molecule is CCCCCCCCCCCCCCCCC[C@@H]1OC[C@H]2O[C@H](OC)[C@H](O)[C@@H](O)[C@@H]2O1. The van der Waals surface area contributed by atoms with E-state index >= 15 is 0 Å². The van der Waals surface area contributed by atoms with Crippen LogP contribution in [0.2, 0.25) is 0 Å². The highest BCUT2D eigenvalue weighted by Crippen LogP contribution is 2.30. The van der Waals surface area contributed by atoms with E-state index in [1.807, 2.05) is 0 Å². The number of unbranched alkanes of at least 4 members (excludes halogenated alkanes) is 14. The molecular weight excluding hydrogens is 396 g/mol. The molecule has 2 fully saturated rings. The third-order valence-electron chi connectivity index (χ3n) is 6.67. The van der Waals surface area contributed by atoms with Gasteiger partial charge in [0.1, 0.15) is 24.4 Å². The van der Waals surface area contributed by atoms with Crippen molar-refractivity contribution in [2.75, 3.05) is 13.7 Å². The minimum atomic E-state index is -1.10. The van der Waals surface area contributed by atoms with Gasteiger partial charge in [-0.2, -0.15) is 0 Å². The summed E-state index contributed by atoms with van der Waals surface area (Å²) in [5.41, 5.74) is 0. The molecule has 2 saturated heterocycles. The Labute approximate surface area is 190 Å². The van der Waals surface area contributed by atoms with Crippen LogP contribution in [-0.2, 0) is 18.9 Å². The molecule has 31 heavy (non-hydrogen) atoms. The van der Waals surface area contributed by atoms with Gasteiger partial charge < -0.3 is 29.2 Å². The van der Waals surface area contributed by atoms with E-state index in [1.165, 1.54) is 97.0 Å². The van der Waals surface area contributed by atoms with E-state index in [9.17, 15) is 10.2 Å². The van der Waals surface area contributed by atoms with Crippen molar-refractivity contribution in [1.29, 1.82) is 0 Å². The monoisotopic (exact) mass is 444 g/mol. The molecule has 0 aromatic heterocycles. The van der Waals surface area contributed by atoms with Crippen molar-refractivity contribution in [2.45, 2.75) is 147 Å². The van der Waals surface area contributed by atoms with Crippen LogP contribution in [0.25, 0.3) is 0 Å². The van der Waals surface area contributed by atoms with Crippen molar-refractivity contribution in [2.24, 2.45) is 0 Å². The zero-order chi connectivity index (χ0) is 22.3. The van der Waals surface area contributed by atoms with E-state index in [0.29, 0.717) is 6.61 Å². The molecule has 6 nitrogen and oxygen atoms in total. The highest BCUT2D eigenvalue weighted by atomic mass is 16.7. The lowest BCUT2D eigenvalue weighted by molar-refractivity contribution is -0.356. The molecule has 0 unspecified atom stereocenters. The third kappa shape index (κ3) is 10.1. The Bertz CT molecular complexity index is 432. The largest absolute Gasteiger partial charge is 0.387 e. The average Bonchev–Trinajstić information content (AvgIpc) is 2.79. The molecule has 0 radical (unpaired) electrons. The van der Waals surface area contributed by atoms with Crippen molar-refractivity contribution in [3.63, 3.8) is 0 Å². The van der Waals surface area contributed by atoms with Gasteiger partial charge in [0.2, 0.25) is 0 Å². The van der Waals surface area contributed by atoms with Gasteiger partial charge >= 0.3 is 0 Å². The number of hydrogen-bond donors (Lipinski definition) is 2. The fourth-order valence-electron chi connectivity index (χ4n) is 4.65.